The molecule has 6 heteroatoms. The van der Waals surface area contributed by atoms with Crippen LogP contribution in [0.5, 0.6) is 5.75 Å². The minimum absolute atomic E-state index is 0.213. The second-order valence-corrected chi connectivity index (χ2v) is 7.15. The standard InChI is InChI=1S/C25H21F3O3/c1-16-12-19(23-10-8-21(31-2)14-20(23)7-11-24(29)30)6-9-22(16)18-5-3-4-17(13-18)15-25(26,27)28/h3-14H,15H2,1-2H3,(H,29,30)/b11-7+. The van der Waals surface area contributed by atoms with Crippen LogP contribution in [-0.4, -0.2) is 24.4 Å². The fraction of sp³-hybridized carbons (Fsp3) is 0.160. The number of carbonyl (C=O) groups is 1. The lowest BCUT2D eigenvalue weighted by atomic mass is 9.92. The fourth-order valence-corrected chi connectivity index (χ4v) is 3.47. The number of hydrogen-bond donors (Lipinski definition) is 1. The molecule has 0 saturated heterocycles. The molecule has 3 rings (SSSR count). The van der Waals surface area contributed by atoms with Crippen LogP contribution in [0.2, 0.25) is 0 Å². The molecule has 0 bridgehead atoms. The van der Waals surface area contributed by atoms with Gasteiger partial charge in [0.25, 0.3) is 0 Å². The van der Waals surface area contributed by atoms with E-state index in [9.17, 15) is 18.0 Å². The van der Waals surface area contributed by atoms with E-state index < -0.39 is 18.6 Å². The van der Waals surface area contributed by atoms with Crippen LogP contribution in [0.1, 0.15) is 16.7 Å². The molecule has 31 heavy (non-hydrogen) atoms. The maximum absolute atomic E-state index is 12.7. The Bertz CT molecular complexity index is 1130. The smallest absolute Gasteiger partial charge is 0.393 e. The molecule has 3 nitrogen and oxygen atoms in total. The Hall–Kier alpha value is -3.54. The maximum Gasteiger partial charge on any atom is 0.393 e. The molecule has 160 valence electrons. The normalized spacial score (nSPS) is 11.6. The third-order valence-electron chi connectivity index (χ3n) is 4.84. The summed E-state index contributed by atoms with van der Waals surface area (Å²) in [4.78, 5) is 11.0. The summed E-state index contributed by atoms with van der Waals surface area (Å²) in [6.07, 6.45) is -2.66. The van der Waals surface area contributed by atoms with E-state index in [1.54, 1.807) is 30.3 Å². The summed E-state index contributed by atoms with van der Waals surface area (Å²) in [6.45, 7) is 1.89. The summed E-state index contributed by atoms with van der Waals surface area (Å²) in [5, 5.41) is 8.97. The van der Waals surface area contributed by atoms with Crippen molar-refractivity contribution in [2.75, 3.05) is 7.11 Å². The van der Waals surface area contributed by atoms with Crippen molar-refractivity contribution in [2.45, 2.75) is 19.5 Å². The number of halogens is 3. The van der Waals surface area contributed by atoms with Crippen molar-refractivity contribution in [3.8, 4) is 28.0 Å². The molecule has 0 radical (unpaired) electrons. The van der Waals surface area contributed by atoms with Gasteiger partial charge in [-0.1, -0.05) is 48.5 Å². The molecule has 1 N–H and O–H groups in total. The summed E-state index contributed by atoms with van der Waals surface area (Å²) in [7, 11) is 1.53. The molecule has 0 atom stereocenters. The van der Waals surface area contributed by atoms with Gasteiger partial charge in [-0.15, -0.1) is 0 Å². The highest BCUT2D eigenvalue weighted by Crippen LogP contribution is 2.33. The van der Waals surface area contributed by atoms with E-state index in [-0.39, 0.29) is 5.56 Å². The fourth-order valence-electron chi connectivity index (χ4n) is 3.47. The highest BCUT2D eigenvalue weighted by molar-refractivity contribution is 5.88. The van der Waals surface area contributed by atoms with Gasteiger partial charge >= 0.3 is 12.1 Å². The first kappa shape index (κ1) is 22.2. The van der Waals surface area contributed by atoms with Gasteiger partial charge in [0.1, 0.15) is 5.75 Å². The van der Waals surface area contributed by atoms with Gasteiger partial charge in [-0.05, 0) is 64.1 Å². The molecule has 0 aliphatic rings. The van der Waals surface area contributed by atoms with Gasteiger partial charge in [-0.3, -0.25) is 0 Å². The van der Waals surface area contributed by atoms with E-state index >= 15 is 0 Å². The number of alkyl halides is 3. The lowest BCUT2D eigenvalue weighted by Crippen LogP contribution is -2.11. The van der Waals surface area contributed by atoms with Crippen molar-refractivity contribution < 1.29 is 27.8 Å². The van der Waals surface area contributed by atoms with Gasteiger partial charge in [-0.25, -0.2) is 4.79 Å². The van der Waals surface area contributed by atoms with Crippen LogP contribution in [-0.2, 0) is 11.2 Å². The zero-order valence-electron chi connectivity index (χ0n) is 17.0. The van der Waals surface area contributed by atoms with E-state index in [1.165, 1.54) is 19.3 Å². The SMILES string of the molecule is COc1ccc(-c2ccc(-c3cccc(CC(F)(F)F)c3)c(C)c2)c(/C=C/C(=O)O)c1. The van der Waals surface area contributed by atoms with E-state index in [0.717, 1.165) is 28.3 Å². The van der Waals surface area contributed by atoms with Crippen molar-refractivity contribution in [1.29, 1.82) is 0 Å². The second-order valence-electron chi connectivity index (χ2n) is 7.15. The number of ether oxygens (including phenoxy) is 1. The molecule has 0 unspecified atom stereocenters. The third kappa shape index (κ3) is 5.75. The van der Waals surface area contributed by atoms with Gasteiger partial charge in [0.05, 0.1) is 13.5 Å². The lowest BCUT2D eigenvalue weighted by molar-refractivity contribution is -0.131. The molecular weight excluding hydrogens is 405 g/mol. The first-order valence-corrected chi connectivity index (χ1v) is 9.52. The van der Waals surface area contributed by atoms with Crippen LogP contribution in [0.15, 0.2) is 66.7 Å². The summed E-state index contributed by atoms with van der Waals surface area (Å²) in [6, 6.07) is 17.5. The molecule has 0 saturated carbocycles. The van der Waals surface area contributed by atoms with Crippen LogP contribution in [0, 0.1) is 6.92 Å². The van der Waals surface area contributed by atoms with Crippen molar-refractivity contribution >= 4 is 12.0 Å². The minimum atomic E-state index is -4.26. The van der Waals surface area contributed by atoms with Crippen molar-refractivity contribution in [1.82, 2.24) is 0 Å². The third-order valence-corrected chi connectivity index (χ3v) is 4.84. The number of methoxy groups -OCH3 is 1. The average molecular weight is 426 g/mol. The molecule has 0 aliphatic carbocycles. The number of rotatable bonds is 6. The highest BCUT2D eigenvalue weighted by Gasteiger charge is 2.27. The van der Waals surface area contributed by atoms with E-state index in [1.807, 2.05) is 31.2 Å². The topological polar surface area (TPSA) is 46.5 Å². The number of hydrogen-bond acceptors (Lipinski definition) is 2. The summed E-state index contributed by atoms with van der Waals surface area (Å²) in [5.41, 5.74) is 5.02. The van der Waals surface area contributed by atoms with Gasteiger partial charge < -0.3 is 9.84 Å². The Balaban J connectivity index is 2.00. The Labute approximate surface area is 178 Å². The predicted molar refractivity (Wildman–Crippen MR) is 115 cm³/mol. The van der Waals surface area contributed by atoms with Crippen LogP contribution in [0.4, 0.5) is 13.2 Å². The Kier molecular flexibility index (Phi) is 6.49. The van der Waals surface area contributed by atoms with Crippen molar-refractivity contribution in [3.63, 3.8) is 0 Å². The van der Waals surface area contributed by atoms with Crippen LogP contribution in [0.3, 0.4) is 0 Å². The molecule has 0 aromatic heterocycles. The molecule has 0 aliphatic heterocycles. The van der Waals surface area contributed by atoms with Gasteiger partial charge in [-0.2, -0.15) is 13.2 Å². The number of aryl methyl sites for hydroxylation is 1. The van der Waals surface area contributed by atoms with Gasteiger partial charge in [0.2, 0.25) is 0 Å². The number of benzene rings is 3. The summed E-state index contributed by atoms with van der Waals surface area (Å²) in [5.74, 6) is -0.456. The summed E-state index contributed by atoms with van der Waals surface area (Å²) >= 11 is 0. The van der Waals surface area contributed by atoms with Gasteiger partial charge in [0.15, 0.2) is 0 Å². The van der Waals surface area contributed by atoms with Crippen molar-refractivity contribution in [3.05, 3.63) is 83.4 Å². The minimum Gasteiger partial charge on any atom is -0.497 e. The van der Waals surface area contributed by atoms with E-state index in [4.69, 9.17) is 9.84 Å². The van der Waals surface area contributed by atoms with Gasteiger partial charge in [0, 0.05) is 6.08 Å². The Morgan fingerprint density at radius 2 is 1.71 bits per heavy atom. The van der Waals surface area contributed by atoms with E-state index in [2.05, 4.69) is 0 Å². The molecule has 0 heterocycles. The number of carboxylic acid groups (broad SMARTS) is 1. The zero-order chi connectivity index (χ0) is 22.6. The Morgan fingerprint density at radius 1 is 1.00 bits per heavy atom. The molecule has 0 amide bonds. The predicted octanol–water partition coefficient (Wildman–Crippen LogP) is 6.54. The first-order chi connectivity index (χ1) is 14.7. The second kappa shape index (κ2) is 9.08. The van der Waals surface area contributed by atoms with Crippen LogP contribution in [0.25, 0.3) is 28.3 Å². The molecule has 3 aromatic carbocycles. The molecule has 0 spiro atoms. The quantitative estimate of drug-likeness (QED) is 0.455. The zero-order valence-corrected chi connectivity index (χ0v) is 17.0. The maximum atomic E-state index is 12.7. The van der Waals surface area contributed by atoms with Crippen LogP contribution >= 0.6 is 0 Å². The molecule has 3 aromatic rings. The number of carboxylic acids is 1. The lowest BCUT2D eigenvalue weighted by Gasteiger charge is -2.13. The number of aliphatic carboxylic acids is 1. The first-order valence-electron chi connectivity index (χ1n) is 9.52. The van der Waals surface area contributed by atoms with E-state index in [0.29, 0.717) is 16.9 Å². The average Bonchev–Trinajstić information content (AvgIpc) is 2.70. The van der Waals surface area contributed by atoms with Crippen molar-refractivity contribution in [2.24, 2.45) is 0 Å². The molecular formula is C25H21F3O3. The monoisotopic (exact) mass is 426 g/mol. The van der Waals surface area contributed by atoms with Crippen LogP contribution < -0.4 is 4.74 Å². The summed E-state index contributed by atoms with van der Waals surface area (Å²) < 4.78 is 43.5. The Morgan fingerprint density at radius 3 is 2.35 bits per heavy atom. The molecule has 0 fully saturated rings. The highest BCUT2D eigenvalue weighted by atomic mass is 19.4. The largest absolute Gasteiger partial charge is 0.497 e.